The maximum Gasteiger partial charge on any atom is 0.342 e. The summed E-state index contributed by atoms with van der Waals surface area (Å²) in [5.41, 5.74) is -8.18. The Labute approximate surface area is 631 Å². The molecule has 0 saturated heterocycles. The standard InChI is InChI=1S/4C14H8N2O8S2.2S/c4*17-13(18)9-5-7(1-3-11(9)15(21)22)25-26-8-2-4-12(16(23)24)10(6-8)14(19)20;;/h4*1-6H,(H,17,18)(H,19,20);;/q;;;;2*-2. The van der Waals surface area contributed by atoms with Crippen molar-refractivity contribution in [2.45, 2.75) is 39.2 Å². The molecule has 40 nitrogen and oxygen atoms in total. The van der Waals surface area contributed by atoms with Crippen molar-refractivity contribution in [3.05, 3.63) is 271 Å². The fourth-order valence-electron chi connectivity index (χ4n) is 7.56. The van der Waals surface area contributed by atoms with Crippen molar-refractivity contribution in [2.75, 3.05) is 0 Å². The van der Waals surface area contributed by atoms with Crippen LogP contribution in [-0.4, -0.2) is 128 Å². The molecule has 0 aliphatic rings. The van der Waals surface area contributed by atoms with Gasteiger partial charge in [0, 0.05) is 87.7 Å². The molecule has 0 heterocycles. The first-order chi connectivity index (χ1) is 48.8. The second kappa shape index (κ2) is 40.3. The van der Waals surface area contributed by atoms with Crippen LogP contribution in [0.15, 0.2) is 185 Å². The van der Waals surface area contributed by atoms with E-state index in [4.69, 9.17) is 40.9 Å². The lowest BCUT2D eigenvalue weighted by atomic mass is 10.2. The van der Waals surface area contributed by atoms with Gasteiger partial charge >= 0.3 is 47.8 Å². The number of nitro benzene ring substituents is 8. The molecule has 8 aromatic rings. The highest BCUT2D eigenvalue weighted by molar-refractivity contribution is 8.77. The number of nitro groups is 8. The van der Waals surface area contributed by atoms with Gasteiger partial charge in [-0.3, -0.25) is 80.9 Å². The number of nitrogens with zero attached hydrogens (tertiary/aromatic N) is 8. The summed E-state index contributed by atoms with van der Waals surface area (Å²) in [5, 5.41) is 159. The third-order valence-corrected chi connectivity index (χ3v) is 21.6. The molecule has 0 aliphatic heterocycles. The van der Waals surface area contributed by atoms with Crippen molar-refractivity contribution in [1.82, 2.24) is 0 Å². The van der Waals surface area contributed by atoms with Crippen molar-refractivity contribution < 1.29 is 119 Å². The summed E-state index contributed by atoms with van der Waals surface area (Å²) in [6.45, 7) is 0. The van der Waals surface area contributed by atoms with E-state index in [-0.39, 0.29) is 27.0 Å². The van der Waals surface area contributed by atoms with Crippen LogP contribution in [0.3, 0.4) is 0 Å². The van der Waals surface area contributed by atoms with Crippen molar-refractivity contribution in [1.29, 1.82) is 0 Å². The number of benzene rings is 8. The van der Waals surface area contributed by atoms with Crippen LogP contribution in [0, 0.1) is 80.9 Å². The highest BCUT2D eigenvalue weighted by Crippen LogP contribution is 2.44. The van der Waals surface area contributed by atoms with E-state index in [1.54, 1.807) is 0 Å². The summed E-state index contributed by atoms with van der Waals surface area (Å²) < 4.78 is 0. The first-order valence-electron chi connectivity index (χ1n) is 26.3. The smallest absolute Gasteiger partial charge is 0.342 e. The minimum absolute atomic E-state index is 0. The van der Waals surface area contributed by atoms with Gasteiger partial charge in [-0.1, -0.05) is 86.4 Å². The van der Waals surface area contributed by atoms with Gasteiger partial charge in [-0.05, 0) is 97.1 Å². The Hall–Kier alpha value is -11.8. The molecular weight excluding hydrogens is 1620 g/mol. The van der Waals surface area contributed by atoms with E-state index < -0.39 is 177 Å². The largest absolute Gasteiger partial charge is 2.00 e. The van der Waals surface area contributed by atoms with Crippen LogP contribution in [0.1, 0.15) is 82.9 Å². The monoisotopic (exact) mass is 1650 g/mol. The van der Waals surface area contributed by atoms with Gasteiger partial charge in [-0.15, -0.1) is 0 Å². The Morgan fingerprint density at radius 1 is 0.198 bits per heavy atom. The third-order valence-electron chi connectivity index (χ3n) is 12.1. The number of aromatic carboxylic acids is 8. The van der Waals surface area contributed by atoms with Crippen LogP contribution >= 0.6 is 86.4 Å². The first-order valence-corrected chi connectivity index (χ1v) is 34.9. The summed E-state index contributed by atoms with van der Waals surface area (Å²) in [4.78, 5) is 172. The second-order valence-corrected chi connectivity index (χ2v) is 27.7. The summed E-state index contributed by atoms with van der Waals surface area (Å²) in [6, 6.07) is 28.3. The Balaban J connectivity index is 0.000000364. The molecular formula is C56H32N8O32S10-4. The van der Waals surface area contributed by atoms with Crippen LogP contribution in [-0.2, 0) is 27.0 Å². The van der Waals surface area contributed by atoms with Crippen LogP contribution in [0.2, 0.25) is 0 Å². The van der Waals surface area contributed by atoms with Crippen molar-refractivity contribution >= 4 is 207 Å². The minimum atomic E-state index is -1.45. The Bertz CT molecular complexity index is 4030. The number of hydrogen-bond acceptors (Lipinski definition) is 32. The van der Waals surface area contributed by atoms with Gasteiger partial charge in [0.15, 0.2) is 0 Å². The van der Waals surface area contributed by atoms with E-state index in [0.29, 0.717) is 39.2 Å². The van der Waals surface area contributed by atoms with E-state index >= 15 is 0 Å². The zero-order chi connectivity index (χ0) is 77.7. The molecule has 0 fully saturated rings. The number of carboxylic acids is 8. The molecule has 0 aliphatic carbocycles. The second-order valence-electron chi connectivity index (χ2n) is 18.6. The van der Waals surface area contributed by atoms with Crippen LogP contribution in [0.4, 0.5) is 45.5 Å². The zero-order valence-electron chi connectivity index (χ0n) is 50.9. The molecule has 0 unspecified atom stereocenters. The lowest BCUT2D eigenvalue weighted by Gasteiger charge is -2.05. The number of rotatable bonds is 28. The molecule has 50 heteroatoms. The predicted molar refractivity (Wildman–Crippen MR) is 382 cm³/mol. The lowest BCUT2D eigenvalue weighted by molar-refractivity contribution is -0.385. The number of carboxylic acid groups (broad SMARTS) is 8. The van der Waals surface area contributed by atoms with Crippen LogP contribution in [0.5, 0.6) is 0 Å². The molecule has 0 bridgehead atoms. The Morgan fingerprint density at radius 3 is 0.349 bits per heavy atom. The molecule has 8 N–H and O–H groups in total. The molecule has 8 rings (SSSR count). The Morgan fingerprint density at radius 2 is 0.283 bits per heavy atom. The number of hydrogen-bond donors (Lipinski definition) is 8. The molecule has 0 radical (unpaired) electrons. The summed E-state index contributed by atoms with van der Waals surface area (Å²) in [6.07, 6.45) is 0. The van der Waals surface area contributed by atoms with Gasteiger partial charge in [-0.25, -0.2) is 38.4 Å². The maximum absolute atomic E-state index is 11.1. The van der Waals surface area contributed by atoms with E-state index in [9.17, 15) is 119 Å². The van der Waals surface area contributed by atoms with E-state index in [2.05, 4.69) is 0 Å². The van der Waals surface area contributed by atoms with E-state index in [1.165, 1.54) is 48.5 Å². The zero-order valence-corrected chi connectivity index (χ0v) is 59.1. The number of carbonyl (C=O) groups is 8. The molecule has 0 aromatic heterocycles. The lowest BCUT2D eigenvalue weighted by Crippen LogP contribution is -2.02. The average Bonchev–Trinajstić information content (AvgIpc) is 0.844. The van der Waals surface area contributed by atoms with Gasteiger partial charge in [0.25, 0.3) is 45.5 Å². The quantitative estimate of drug-likeness (QED) is 0.0128. The van der Waals surface area contributed by atoms with Gasteiger partial charge in [0.1, 0.15) is 44.5 Å². The molecule has 8 aromatic carbocycles. The minimum Gasteiger partial charge on any atom is -2.00 e. The highest BCUT2D eigenvalue weighted by Gasteiger charge is 2.28. The average molecular weight is 1650 g/mol. The van der Waals surface area contributed by atoms with Crippen LogP contribution in [0.25, 0.3) is 0 Å². The molecule has 0 atom stereocenters. The van der Waals surface area contributed by atoms with Crippen LogP contribution < -0.4 is 0 Å². The van der Waals surface area contributed by atoms with Gasteiger partial charge in [0.05, 0.1) is 39.4 Å². The van der Waals surface area contributed by atoms with Crippen molar-refractivity contribution in [3.8, 4) is 0 Å². The van der Waals surface area contributed by atoms with Crippen molar-refractivity contribution in [2.24, 2.45) is 0 Å². The molecule has 106 heavy (non-hydrogen) atoms. The van der Waals surface area contributed by atoms with Gasteiger partial charge in [-0.2, -0.15) is 0 Å². The summed E-state index contributed by atoms with van der Waals surface area (Å²) >= 11 is 0. The normalized spacial score (nSPS) is 10.1. The molecule has 0 spiro atoms. The summed E-state index contributed by atoms with van der Waals surface area (Å²) in [7, 11) is 8.23. The first kappa shape index (κ1) is 88.4. The topological polar surface area (TPSA) is 644 Å². The fourth-order valence-corrected chi connectivity index (χ4v) is 15.4. The van der Waals surface area contributed by atoms with E-state index in [0.717, 1.165) is 183 Å². The maximum atomic E-state index is 11.1. The molecule has 0 amide bonds. The van der Waals surface area contributed by atoms with Crippen molar-refractivity contribution in [3.63, 3.8) is 0 Å². The van der Waals surface area contributed by atoms with E-state index in [1.807, 2.05) is 0 Å². The SMILES string of the molecule is O=C(O)c1cc(SSc2ccc([N+](=O)[O-])c(C(=O)O)c2)ccc1[N+](=O)[O-].O=C(O)c1cc(SSc2ccc([N+](=O)[O-])c(C(=O)O)c2)ccc1[N+](=O)[O-].O=C(O)c1cc(SSc2ccc([N+](=O)[O-])c(C(=O)O)c2)ccc1[N+](=O)[O-].O=C(O)c1cc(SSc2ccc([N+](=O)[O-])c(C(=O)O)c2)ccc1[N+](=O)[O-].[S-2].[S-2]. The molecule has 552 valence electrons. The molecule has 0 saturated carbocycles. The summed E-state index contributed by atoms with van der Waals surface area (Å²) in [5.74, 6) is -11.6. The van der Waals surface area contributed by atoms with Gasteiger partial charge < -0.3 is 67.8 Å². The Kier molecular flexibility index (Phi) is 33.6. The fraction of sp³-hybridized carbons (Fsp3) is 0. The van der Waals surface area contributed by atoms with Gasteiger partial charge in [0.2, 0.25) is 0 Å². The predicted octanol–water partition coefficient (Wildman–Crippen LogP) is 14.8. The highest BCUT2D eigenvalue weighted by atomic mass is 33.1. The third kappa shape index (κ3) is 24.7.